The van der Waals surface area contributed by atoms with Crippen LogP contribution < -0.4 is 4.67 Å². The van der Waals surface area contributed by atoms with Gasteiger partial charge in [-0.2, -0.15) is 0 Å². The number of benzene rings is 4. The first-order valence-electron chi connectivity index (χ1n) is 8.59. The fourth-order valence-electron chi connectivity index (χ4n) is 3.56. The normalized spacial score (nSPS) is 11.8. The van der Waals surface area contributed by atoms with Gasteiger partial charge in [-0.15, -0.1) is 0 Å². The Morgan fingerprint density at radius 2 is 1.04 bits per heavy atom. The zero-order valence-corrected chi connectivity index (χ0v) is 15.5. The molecule has 0 fully saturated rings. The summed E-state index contributed by atoms with van der Waals surface area (Å²) in [6.45, 7) is 0. The van der Waals surface area contributed by atoms with Crippen molar-refractivity contribution in [3.05, 3.63) is 72.8 Å². The summed E-state index contributed by atoms with van der Waals surface area (Å²) in [6, 6.07) is 25.2. The molecule has 26 heavy (non-hydrogen) atoms. The Kier molecular flexibility index (Phi) is 3.53. The first kappa shape index (κ1) is 15.5. The smallest absolute Gasteiger partial charge is 0.309 e. The molecule has 0 atom stereocenters. The fourth-order valence-corrected chi connectivity index (χ4v) is 4.57. The van der Waals surface area contributed by atoms with Crippen molar-refractivity contribution in [3.8, 4) is 0 Å². The van der Waals surface area contributed by atoms with Crippen molar-refractivity contribution >= 4 is 51.6 Å². The van der Waals surface area contributed by atoms with Crippen LogP contribution in [0.2, 0.25) is 0 Å². The van der Waals surface area contributed by atoms with E-state index in [-0.39, 0.29) is 0 Å². The van der Waals surface area contributed by atoms with Gasteiger partial charge < -0.3 is 8.39 Å². The zero-order chi connectivity index (χ0) is 17.7. The summed E-state index contributed by atoms with van der Waals surface area (Å²) in [5.41, 5.74) is 1.73. The third kappa shape index (κ3) is 2.33. The third-order valence-corrected chi connectivity index (χ3v) is 6.06. The molecule has 0 unspecified atom stereocenters. The van der Waals surface area contributed by atoms with Crippen LogP contribution in [0.5, 0.6) is 0 Å². The molecular formula is C22H18NO2P. The summed E-state index contributed by atoms with van der Waals surface area (Å²) in [7, 11) is 2.72. The predicted octanol–water partition coefficient (Wildman–Crippen LogP) is 6.79. The summed E-state index contributed by atoms with van der Waals surface area (Å²) in [6.07, 6.45) is 0. The Labute approximate surface area is 152 Å². The molecule has 0 saturated carbocycles. The SMILES string of the molecule is CN(C)p1oc2cccc3cccc(c4cccc5cccc(o1)c54)c32. The van der Waals surface area contributed by atoms with E-state index in [1.54, 1.807) is 0 Å². The summed E-state index contributed by atoms with van der Waals surface area (Å²) >= 11 is 0. The van der Waals surface area contributed by atoms with Gasteiger partial charge in [0, 0.05) is 24.9 Å². The van der Waals surface area contributed by atoms with Crippen molar-refractivity contribution in [1.29, 1.82) is 0 Å². The Bertz CT molecular complexity index is 1210. The van der Waals surface area contributed by atoms with Gasteiger partial charge in [-0.25, -0.2) is 4.67 Å². The van der Waals surface area contributed by atoms with E-state index < -0.39 is 8.16 Å². The van der Waals surface area contributed by atoms with E-state index in [0.29, 0.717) is 0 Å². The Morgan fingerprint density at radius 1 is 0.615 bits per heavy atom. The molecule has 5 rings (SSSR count). The molecule has 0 N–H and O–H groups in total. The lowest BCUT2D eigenvalue weighted by molar-refractivity contribution is 0.632. The van der Waals surface area contributed by atoms with E-state index in [1.807, 2.05) is 43.0 Å². The minimum Gasteiger partial charge on any atom is -0.408 e. The molecule has 4 aromatic carbocycles. The Hall–Kier alpha value is -2.74. The molecule has 0 radical (unpaired) electrons. The lowest BCUT2D eigenvalue weighted by Gasteiger charge is -2.06. The minimum absolute atomic E-state index is 0.864. The van der Waals surface area contributed by atoms with Crippen molar-refractivity contribution in [1.82, 2.24) is 0 Å². The topological polar surface area (TPSA) is 29.5 Å². The van der Waals surface area contributed by atoms with Crippen LogP contribution in [0.1, 0.15) is 0 Å². The second-order valence-corrected chi connectivity index (χ2v) is 8.23. The van der Waals surface area contributed by atoms with Crippen LogP contribution in [-0.2, 0) is 0 Å². The van der Waals surface area contributed by atoms with Crippen LogP contribution in [0.4, 0.5) is 0 Å². The van der Waals surface area contributed by atoms with Crippen LogP contribution in [0.25, 0.3) is 43.5 Å². The number of hydrogen-bond donors (Lipinski definition) is 0. The summed E-state index contributed by atoms with van der Waals surface area (Å²) < 4.78 is 14.8. The zero-order valence-electron chi connectivity index (χ0n) is 14.6. The summed E-state index contributed by atoms with van der Waals surface area (Å²) in [5, 5.41) is 6.97. The molecule has 0 aliphatic heterocycles. The molecule has 1 heterocycles. The van der Waals surface area contributed by atoms with Crippen LogP contribution in [-0.4, -0.2) is 14.1 Å². The van der Waals surface area contributed by atoms with E-state index >= 15 is 0 Å². The molecule has 0 saturated heterocycles. The number of fused-ring (bicyclic) bond motifs is 1. The molecular weight excluding hydrogens is 341 g/mol. The molecule has 4 heteroatoms. The maximum Gasteiger partial charge on any atom is 0.309 e. The van der Waals surface area contributed by atoms with Crippen molar-refractivity contribution in [2.75, 3.05) is 18.8 Å². The molecule has 0 aliphatic rings. The maximum atomic E-state index is 6.38. The van der Waals surface area contributed by atoms with Gasteiger partial charge in [0.25, 0.3) is 0 Å². The highest BCUT2D eigenvalue weighted by Crippen LogP contribution is 2.38. The Balaban J connectivity index is 2.22. The van der Waals surface area contributed by atoms with Gasteiger partial charge in [-0.3, -0.25) is 0 Å². The fraction of sp³-hybridized carbons (Fsp3) is 0.0909. The largest absolute Gasteiger partial charge is 0.408 e. The first-order chi connectivity index (χ1) is 12.7. The maximum absolute atomic E-state index is 6.38. The Morgan fingerprint density at radius 3 is 1.46 bits per heavy atom. The highest BCUT2D eigenvalue weighted by Gasteiger charge is 2.10. The molecule has 1 aromatic heterocycles. The van der Waals surface area contributed by atoms with Crippen molar-refractivity contribution in [2.24, 2.45) is 0 Å². The standard InChI is InChI=1S/C22H18NO2P/c1-23(2)26-24-19-13-5-9-15-7-3-11-17(21(15)19)18-12-4-8-16-10-6-14-20(25-26)22(16)18/h3-14H,1-2H3. The van der Waals surface area contributed by atoms with Gasteiger partial charge in [-0.1, -0.05) is 60.7 Å². The summed E-state index contributed by atoms with van der Waals surface area (Å²) in [4.78, 5) is 0. The van der Waals surface area contributed by atoms with Gasteiger partial charge in [-0.05, 0) is 33.7 Å². The lowest BCUT2D eigenvalue weighted by Crippen LogP contribution is -2.02. The average Bonchev–Trinajstić information content (AvgIpc) is 2.72. The number of rotatable bonds is 1. The van der Waals surface area contributed by atoms with E-state index in [2.05, 4.69) is 48.5 Å². The summed E-state index contributed by atoms with van der Waals surface area (Å²) in [5.74, 6) is 0. The minimum atomic E-state index is -1.26. The molecule has 3 nitrogen and oxygen atoms in total. The molecule has 0 spiro atoms. The van der Waals surface area contributed by atoms with Gasteiger partial charge >= 0.3 is 8.16 Å². The molecule has 0 amide bonds. The van der Waals surface area contributed by atoms with Crippen LogP contribution in [0.3, 0.4) is 0 Å². The van der Waals surface area contributed by atoms with Gasteiger partial charge in [0.15, 0.2) is 0 Å². The van der Waals surface area contributed by atoms with E-state index in [9.17, 15) is 0 Å². The highest BCUT2D eigenvalue weighted by molar-refractivity contribution is 7.38. The average molecular weight is 359 g/mol. The van der Waals surface area contributed by atoms with Gasteiger partial charge in [0.2, 0.25) is 0 Å². The third-order valence-electron chi connectivity index (χ3n) is 4.70. The second-order valence-electron chi connectivity index (χ2n) is 6.59. The monoisotopic (exact) mass is 359 g/mol. The van der Waals surface area contributed by atoms with E-state index in [4.69, 9.17) is 8.39 Å². The van der Waals surface area contributed by atoms with Crippen LogP contribution in [0.15, 0.2) is 81.2 Å². The van der Waals surface area contributed by atoms with Crippen molar-refractivity contribution in [2.45, 2.75) is 0 Å². The van der Waals surface area contributed by atoms with Crippen LogP contribution in [0, 0.1) is 0 Å². The lowest BCUT2D eigenvalue weighted by atomic mass is 9.99. The molecule has 0 bridgehead atoms. The number of hydrogen-bond acceptors (Lipinski definition) is 3. The number of nitrogens with zero attached hydrogens (tertiary/aromatic N) is 1. The van der Waals surface area contributed by atoms with Gasteiger partial charge in [0.1, 0.15) is 11.2 Å². The first-order valence-corrected chi connectivity index (χ1v) is 9.72. The quantitative estimate of drug-likeness (QED) is 0.330. The van der Waals surface area contributed by atoms with Crippen molar-refractivity contribution in [3.63, 3.8) is 0 Å². The van der Waals surface area contributed by atoms with Crippen molar-refractivity contribution < 1.29 is 8.39 Å². The molecule has 0 aliphatic carbocycles. The second kappa shape index (κ2) is 5.91. The van der Waals surface area contributed by atoms with Gasteiger partial charge in [0.05, 0.1) is 0 Å². The molecule has 128 valence electrons. The molecule has 5 aromatic rings. The van der Waals surface area contributed by atoms with E-state index in [1.165, 1.54) is 21.5 Å². The highest BCUT2D eigenvalue weighted by atomic mass is 31.1. The van der Waals surface area contributed by atoms with E-state index in [0.717, 1.165) is 21.9 Å². The van der Waals surface area contributed by atoms with Crippen LogP contribution >= 0.6 is 8.16 Å². The predicted molar refractivity (Wildman–Crippen MR) is 111 cm³/mol.